The van der Waals surface area contributed by atoms with Crippen LogP contribution in [0, 0.1) is 0 Å². The maximum Gasteiger partial charge on any atom is 0.0989 e. The predicted molar refractivity (Wildman–Crippen MR) is 60.9 cm³/mol. The Morgan fingerprint density at radius 2 is 2.00 bits per heavy atom. The summed E-state index contributed by atoms with van der Waals surface area (Å²) in [4.78, 5) is 0. The van der Waals surface area contributed by atoms with Gasteiger partial charge in [-0.1, -0.05) is 23.2 Å². The molecule has 0 atom stereocenters. The highest BCUT2D eigenvalue weighted by molar-refractivity contribution is 7.20. The molecule has 0 aromatic carbocycles. The monoisotopic (exact) mass is 237 g/mol. The van der Waals surface area contributed by atoms with Gasteiger partial charge in [-0.25, -0.2) is 0 Å². The van der Waals surface area contributed by atoms with Crippen LogP contribution in [-0.4, -0.2) is 5.54 Å². The van der Waals surface area contributed by atoms with E-state index in [-0.39, 0.29) is 5.54 Å². The van der Waals surface area contributed by atoms with Crippen LogP contribution in [0.25, 0.3) is 0 Å². The SMILES string of the molecule is CC(C)(C)NCc1cc(Cl)sc1Cl. The molecule has 1 aromatic heterocycles. The molecule has 0 saturated heterocycles. The molecule has 0 saturated carbocycles. The molecule has 0 bridgehead atoms. The molecule has 0 radical (unpaired) electrons. The first-order chi connectivity index (χ1) is 5.88. The summed E-state index contributed by atoms with van der Waals surface area (Å²) in [6, 6.07) is 1.91. The summed E-state index contributed by atoms with van der Waals surface area (Å²) in [6.45, 7) is 7.13. The molecule has 1 aromatic rings. The highest BCUT2D eigenvalue weighted by atomic mass is 35.5. The molecule has 1 rings (SSSR count). The molecule has 0 fully saturated rings. The third kappa shape index (κ3) is 3.86. The lowest BCUT2D eigenvalue weighted by Crippen LogP contribution is -2.34. The van der Waals surface area contributed by atoms with Gasteiger partial charge in [0, 0.05) is 12.1 Å². The van der Waals surface area contributed by atoms with E-state index in [1.54, 1.807) is 0 Å². The van der Waals surface area contributed by atoms with Crippen molar-refractivity contribution in [3.63, 3.8) is 0 Å². The van der Waals surface area contributed by atoms with Crippen molar-refractivity contribution in [2.45, 2.75) is 32.9 Å². The summed E-state index contributed by atoms with van der Waals surface area (Å²) in [5.74, 6) is 0. The zero-order chi connectivity index (χ0) is 10.1. The second-order valence-corrected chi connectivity index (χ2v) is 6.24. The van der Waals surface area contributed by atoms with E-state index in [0.29, 0.717) is 0 Å². The van der Waals surface area contributed by atoms with Crippen molar-refractivity contribution in [1.29, 1.82) is 0 Å². The van der Waals surface area contributed by atoms with Crippen molar-refractivity contribution >= 4 is 34.5 Å². The van der Waals surface area contributed by atoms with Crippen LogP contribution in [0.15, 0.2) is 6.07 Å². The summed E-state index contributed by atoms with van der Waals surface area (Å²) in [5.41, 5.74) is 1.18. The van der Waals surface area contributed by atoms with E-state index < -0.39 is 0 Å². The number of hydrogen-bond donors (Lipinski definition) is 1. The molecule has 0 aliphatic carbocycles. The number of halogens is 2. The second kappa shape index (κ2) is 4.18. The standard InChI is InChI=1S/C9H13Cl2NS/c1-9(2,3)12-5-6-4-7(10)13-8(6)11/h4,12H,5H2,1-3H3. The molecule has 13 heavy (non-hydrogen) atoms. The summed E-state index contributed by atoms with van der Waals surface area (Å²) in [5, 5.41) is 3.36. The maximum atomic E-state index is 5.97. The first kappa shape index (κ1) is 11.3. The van der Waals surface area contributed by atoms with Gasteiger partial charge >= 0.3 is 0 Å². The van der Waals surface area contributed by atoms with Gasteiger partial charge in [0.15, 0.2) is 0 Å². The van der Waals surface area contributed by atoms with Gasteiger partial charge in [0.2, 0.25) is 0 Å². The van der Waals surface area contributed by atoms with E-state index in [9.17, 15) is 0 Å². The van der Waals surface area contributed by atoms with Crippen molar-refractivity contribution in [2.75, 3.05) is 0 Å². The number of hydrogen-bond acceptors (Lipinski definition) is 2. The summed E-state index contributed by atoms with van der Waals surface area (Å²) >= 11 is 13.2. The van der Waals surface area contributed by atoms with Gasteiger partial charge < -0.3 is 5.32 Å². The Balaban J connectivity index is 2.59. The smallest absolute Gasteiger partial charge is 0.0989 e. The molecule has 74 valence electrons. The highest BCUT2D eigenvalue weighted by Crippen LogP contribution is 2.31. The van der Waals surface area contributed by atoms with Gasteiger partial charge in [-0.15, -0.1) is 11.3 Å². The normalized spacial score (nSPS) is 12.1. The van der Waals surface area contributed by atoms with Crippen LogP contribution in [0.4, 0.5) is 0 Å². The van der Waals surface area contributed by atoms with E-state index in [1.807, 2.05) is 6.07 Å². The van der Waals surface area contributed by atoms with Gasteiger partial charge in [-0.3, -0.25) is 0 Å². The average molecular weight is 238 g/mol. The molecule has 1 N–H and O–H groups in total. The van der Waals surface area contributed by atoms with Crippen LogP contribution in [0.3, 0.4) is 0 Å². The summed E-state index contributed by atoms with van der Waals surface area (Å²) in [7, 11) is 0. The Morgan fingerprint density at radius 1 is 1.38 bits per heavy atom. The van der Waals surface area contributed by atoms with Crippen LogP contribution >= 0.6 is 34.5 Å². The minimum absolute atomic E-state index is 0.109. The van der Waals surface area contributed by atoms with Crippen LogP contribution in [0.1, 0.15) is 26.3 Å². The van der Waals surface area contributed by atoms with Crippen molar-refractivity contribution in [1.82, 2.24) is 5.32 Å². The molecule has 0 spiro atoms. The minimum Gasteiger partial charge on any atom is -0.308 e. The zero-order valence-corrected chi connectivity index (χ0v) is 10.3. The zero-order valence-electron chi connectivity index (χ0n) is 7.95. The largest absolute Gasteiger partial charge is 0.308 e. The van der Waals surface area contributed by atoms with Gasteiger partial charge in [0.1, 0.15) is 0 Å². The molecule has 1 nitrogen and oxygen atoms in total. The molecule has 0 aliphatic heterocycles. The fourth-order valence-electron chi connectivity index (χ4n) is 0.855. The first-order valence-electron chi connectivity index (χ1n) is 4.07. The molecule has 0 amide bonds. The lowest BCUT2D eigenvalue weighted by atomic mass is 10.1. The number of thiophene rings is 1. The molecule has 4 heteroatoms. The third-order valence-electron chi connectivity index (χ3n) is 1.54. The molecule has 0 unspecified atom stereocenters. The number of rotatable bonds is 2. The van der Waals surface area contributed by atoms with Crippen LogP contribution in [0.2, 0.25) is 8.67 Å². The van der Waals surface area contributed by atoms with Gasteiger partial charge in [-0.2, -0.15) is 0 Å². The maximum absolute atomic E-state index is 5.97. The van der Waals surface area contributed by atoms with Crippen molar-refractivity contribution in [2.24, 2.45) is 0 Å². The van der Waals surface area contributed by atoms with Crippen molar-refractivity contribution in [3.8, 4) is 0 Å². The van der Waals surface area contributed by atoms with Gasteiger partial charge in [0.05, 0.1) is 8.67 Å². The Labute approximate surface area is 93.1 Å². The summed E-state index contributed by atoms with van der Waals surface area (Å²) < 4.78 is 1.53. The summed E-state index contributed by atoms with van der Waals surface area (Å²) in [6.07, 6.45) is 0. The quantitative estimate of drug-likeness (QED) is 0.822. The third-order valence-corrected chi connectivity index (χ3v) is 3.11. The van der Waals surface area contributed by atoms with Crippen LogP contribution in [0.5, 0.6) is 0 Å². The Bertz CT molecular complexity index is 288. The van der Waals surface area contributed by atoms with Crippen LogP contribution < -0.4 is 5.32 Å². The minimum atomic E-state index is 0.109. The van der Waals surface area contributed by atoms with E-state index in [4.69, 9.17) is 23.2 Å². The fraction of sp³-hybridized carbons (Fsp3) is 0.556. The predicted octanol–water partition coefficient (Wildman–Crippen LogP) is 3.94. The molecule has 0 aliphatic rings. The average Bonchev–Trinajstić information content (AvgIpc) is 2.24. The van der Waals surface area contributed by atoms with Crippen LogP contribution in [-0.2, 0) is 6.54 Å². The second-order valence-electron chi connectivity index (χ2n) is 3.95. The Morgan fingerprint density at radius 3 is 2.38 bits per heavy atom. The van der Waals surface area contributed by atoms with Crippen molar-refractivity contribution in [3.05, 3.63) is 20.3 Å². The molecular weight excluding hydrogens is 225 g/mol. The number of nitrogens with one attached hydrogen (secondary N) is 1. The first-order valence-corrected chi connectivity index (χ1v) is 5.64. The van der Waals surface area contributed by atoms with Gasteiger partial charge in [0.25, 0.3) is 0 Å². The molecule has 1 heterocycles. The van der Waals surface area contributed by atoms with E-state index in [2.05, 4.69) is 26.1 Å². The topological polar surface area (TPSA) is 12.0 Å². The van der Waals surface area contributed by atoms with Gasteiger partial charge in [-0.05, 0) is 32.4 Å². The van der Waals surface area contributed by atoms with E-state index in [0.717, 1.165) is 20.8 Å². The van der Waals surface area contributed by atoms with Crippen molar-refractivity contribution < 1.29 is 0 Å². The Kier molecular flexibility index (Phi) is 3.64. The molecular formula is C9H13Cl2NS. The lowest BCUT2D eigenvalue weighted by molar-refractivity contribution is 0.424. The Hall–Kier alpha value is 0.240. The fourth-order valence-corrected chi connectivity index (χ4v) is 2.34. The van der Waals surface area contributed by atoms with E-state index in [1.165, 1.54) is 11.3 Å². The highest BCUT2D eigenvalue weighted by Gasteiger charge is 2.11. The van der Waals surface area contributed by atoms with E-state index >= 15 is 0 Å². The lowest BCUT2D eigenvalue weighted by Gasteiger charge is -2.20.